The van der Waals surface area contributed by atoms with Gasteiger partial charge in [-0.05, 0) is 30.2 Å². The third-order valence-corrected chi connectivity index (χ3v) is 7.26. The molecule has 0 aliphatic carbocycles. The van der Waals surface area contributed by atoms with Crippen molar-refractivity contribution in [2.24, 2.45) is 5.10 Å². The summed E-state index contributed by atoms with van der Waals surface area (Å²) in [6.45, 7) is 1.86. The van der Waals surface area contributed by atoms with Crippen LogP contribution in [0.25, 0.3) is 0 Å². The predicted molar refractivity (Wildman–Crippen MR) is 121 cm³/mol. The summed E-state index contributed by atoms with van der Waals surface area (Å²) in [7, 11) is 0. The van der Waals surface area contributed by atoms with E-state index in [4.69, 9.17) is 0 Å². The molecule has 1 aromatic heterocycles. The molecule has 0 unspecified atom stereocenters. The van der Waals surface area contributed by atoms with Crippen LogP contribution >= 0.6 is 50.8 Å². The molecule has 3 rings (SSSR count). The second kappa shape index (κ2) is 10.8. The Morgan fingerprint density at radius 3 is 2.61 bits per heavy atom. The third kappa shape index (κ3) is 6.73. The van der Waals surface area contributed by atoms with E-state index in [0.717, 1.165) is 30.2 Å². The summed E-state index contributed by atoms with van der Waals surface area (Å²) in [6, 6.07) is 18.0. The smallest absolute Gasteiger partial charge is 0.250 e. The highest BCUT2D eigenvalue weighted by molar-refractivity contribution is 9.10. The van der Waals surface area contributed by atoms with Crippen molar-refractivity contribution in [1.29, 1.82) is 0 Å². The largest absolute Gasteiger partial charge is 0.272 e. The van der Waals surface area contributed by atoms with Gasteiger partial charge in [-0.3, -0.25) is 4.79 Å². The minimum Gasteiger partial charge on any atom is -0.272 e. The number of thioether (sulfide) groups is 2. The maximum atomic E-state index is 12.0. The summed E-state index contributed by atoms with van der Waals surface area (Å²) in [5, 5.41) is 12.5. The van der Waals surface area contributed by atoms with Crippen molar-refractivity contribution in [3.63, 3.8) is 0 Å². The van der Waals surface area contributed by atoms with Gasteiger partial charge in [-0.15, -0.1) is 10.2 Å². The van der Waals surface area contributed by atoms with Crippen LogP contribution in [0, 0.1) is 0 Å². The standard InChI is InChI=1S/C19H17BrN4OS3/c1-13(15-8-5-9-16(20)10-15)21-22-17(25)12-27-19-24-23-18(28-19)26-11-14-6-3-2-4-7-14/h2-10H,11-12H2,1H3,(H,22,25)/b21-13+. The Bertz CT molecular complexity index is 963. The maximum Gasteiger partial charge on any atom is 0.250 e. The van der Waals surface area contributed by atoms with Gasteiger partial charge in [0.1, 0.15) is 0 Å². The topological polar surface area (TPSA) is 67.2 Å². The zero-order valence-corrected chi connectivity index (χ0v) is 19.0. The van der Waals surface area contributed by atoms with E-state index in [0.29, 0.717) is 0 Å². The average molecular weight is 493 g/mol. The molecule has 0 saturated carbocycles. The van der Waals surface area contributed by atoms with Crippen molar-refractivity contribution in [2.75, 3.05) is 5.75 Å². The molecule has 3 aromatic rings. The van der Waals surface area contributed by atoms with Crippen LogP contribution in [0.3, 0.4) is 0 Å². The number of amides is 1. The molecule has 1 N–H and O–H groups in total. The molecule has 0 radical (unpaired) electrons. The van der Waals surface area contributed by atoms with Crippen LogP contribution in [-0.2, 0) is 10.5 Å². The second-order valence-corrected chi connectivity index (χ2v) is 9.98. The number of hydrogen-bond acceptors (Lipinski definition) is 7. The van der Waals surface area contributed by atoms with E-state index < -0.39 is 0 Å². The molecule has 1 heterocycles. The molecule has 0 spiro atoms. The average Bonchev–Trinajstić information content (AvgIpc) is 3.17. The van der Waals surface area contributed by atoms with Crippen LogP contribution in [-0.4, -0.2) is 27.6 Å². The zero-order chi connectivity index (χ0) is 19.8. The van der Waals surface area contributed by atoms with Gasteiger partial charge in [0.2, 0.25) is 0 Å². The van der Waals surface area contributed by atoms with E-state index in [1.165, 1.54) is 28.7 Å². The van der Waals surface area contributed by atoms with Crippen LogP contribution < -0.4 is 5.43 Å². The number of carbonyl (C=O) groups excluding carboxylic acids is 1. The fraction of sp³-hybridized carbons (Fsp3) is 0.158. The summed E-state index contributed by atoms with van der Waals surface area (Å²) < 4.78 is 2.65. The summed E-state index contributed by atoms with van der Waals surface area (Å²) in [4.78, 5) is 12.0. The zero-order valence-electron chi connectivity index (χ0n) is 15.0. The maximum absolute atomic E-state index is 12.0. The molecule has 0 atom stereocenters. The Balaban J connectivity index is 1.44. The molecular formula is C19H17BrN4OS3. The number of nitrogens with zero attached hydrogens (tertiary/aromatic N) is 3. The van der Waals surface area contributed by atoms with Crippen LogP contribution in [0.2, 0.25) is 0 Å². The molecule has 5 nitrogen and oxygen atoms in total. The number of rotatable bonds is 8. The lowest BCUT2D eigenvalue weighted by atomic mass is 10.1. The molecule has 0 saturated heterocycles. The first-order chi connectivity index (χ1) is 13.6. The van der Waals surface area contributed by atoms with E-state index in [2.05, 4.69) is 48.8 Å². The lowest BCUT2D eigenvalue weighted by Gasteiger charge is -2.02. The van der Waals surface area contributed by atoms with Gasteiger partial charge in [-0.1, -0.05) is 93.3 Å². The second-order valence-electron chi connectivity index (χ2n) is 5.64. The number of hydrazone groups is 1. The Labute approximate surface area is 184 Å². The van der Waals surface area contributed by atoms with Crippen LogP contribution in [0.5, 0.6) is 0 Å². The van der Waals surface area contributed by atoms with Gasteiger partial charge >= 0.3 is 0 Å². The van der Waals surface area contributed by atoms with E-state index in [-0.39, 0.29) is 11.7 Å². The summed E-state index contributed by atoms with van der Waals surface area (Å²) >= 11 is 7.94. The number of carbonyl (C=O) groups is 1. The number of hydrogen-bond donors (Lipinski definition) is 1. The Morgan fingerprint density at radius 2 is 1.86 bits per heavy atom. The first-order valence-corrected chi connectivity index (χ1v) is 11.9. The Kier molecular flexibility index (Phi) is 8.08. The molecule has 0 bridgehead atoms. The molecule has 0 aliphatic heterocycles. The first kappa shape index (κ1) is 21.0. The van der Waals surface area contributed by atoms with Gasteiger partial charge in [-0.25, -0.2) is 5.43 Å². The molecule has 0 fully saturated rings. The predicted octanol–water partition coefficient (Wildman–Crippen LogP) is 5.23. The van der Waals surface area contributed by atoms with E-state index in [1.54, 1.807) is 11.8 Å². The van der Waals surface area contributed by atoms with Crippen molar-refractivity contribution in [2.45, 2.75) is 21.4 Å². The van der Waals surface area contributed by atoms with Crippen LogP contribution in [0.1, 0.15) is 18.1 Å². The lowest BCUT2D eigenvalue weighted by molar-refractivity contribution is -0.118. The molecule has 0 aliphatic rings. The monoisotopic (exact) mass is 492 g/mol. The lowest BCUT2D eigenvalue weighted by Crippen LogP contribution is -2.21. The number of nitrogens with one attached hydrogen (secondary N) is 1. The van der Waals surface area contributed by atoms with Crippen LogP contribution in [0.15, 0.2) is 72.9 Å². The number of halogens is 1. The summed E-state index contributed by atoms with van der Waals surface area (Å²) in [5.74, 6) is 0.922. The summed E-state index contributed by atoms with van der Waals surface area (Å²) in [6.07, 6.45) is 0. The molecule has 144 valence electrons. The van der Waals surface area contributed by atoms with E-state index in [1.807, 2.05) is 49.4 Å². The molecule has 2 aromatic carbocycles. The highest BCUT2D eigenvalue weighted by Crippen LogP contribution is 2.30. The third-order valence-electron chi connectivity index (χ3n) is 3.51. The van der Waals surface area contributed by atoms with Gasteiger partial charge in [0.15, 0.2) is 8.68 Å². The summed E-state index contributed by atoms with van der Waals surface area (Å²) in [5.41, 5.74) is 5.53. The van der Waals surface area contributed by atoms with Crippen molar-refractivity contribution >= 4 is 62.4 Å². The Morgan fingerprint density at radius 1 is 1.11 bits per heavy atom. The van der Waals surface area contributed by atoms with Gasteiger partial charge in [-0.2, -0.15) is 5.10 Å². The molecule has 28 heavy (non-hydrogen) atoms. The fourth-order valence-corrected chi connectivity index (χ4v) is 5.28. The highest BCUT2D eigenvalue weighted by atomic mass is 79.9. The quantitative estimate of drug-likeness (QED) is 0.265. The van der Waals surface area contributed by atoms with Gasteiger partial charge in [0.25, 0.3) is 5.91 Å². The molecular weight excluding hydrogens is 476 g/mol. The molecule has 9 heteroatoms. The van der Waals surface area contributed by atoms with Gasteiger partial charge < -0.3 is 0 Å². The first-order valence-electron chi connectivity index (χ1n) is 8.32. The minimum atomic E-state index is -0.173. The molecule has 1 amide bonds. The SMILES string of the molecule is C/C(=N\NC(=O)CSc1nnc(SCc2ccccc2)s1)c1cccc(Br)c1. The van der Waals surface area contributed by atoms with Gasteiger partial charge in [0.05, 0.1) is 11.5 Å². The minimum absolute atomic E-state index is 0.173. The number of benzene rings is 2. The fourth-order valence-electron chi connectivity index (χ4n) is 2.12. The normalized spacial score (nSPS) is 11.4. The Hall–Kier alpha value is -1.68. The van der Waals surface area contributed by atoms with Crippen molar-refractivity contribution in [3.05, 3.63) is 70.2 Å². The van der Waals surface area contributed by atoms with Crippen LogP contribution in [0.4, 0.5) is 0 Å². The van der Waals surface area contributed by atoms with E-state index in [9.17, 15) is 4.79 Å². The van der Waals surface area contributed by atoms with E-state index >= 15 is 0 Å². The van der Waals surface area contributed by atoms with Gasteiger partial charge in [0, 0.05) is 10.2 Å². The number of aromatic nitrogens is 2. The van der Waals surface area contributed by atoms with Crippen molar-refractivity contribution in [3.8, 4) is 0 Å². The highest BCUT2D eigenvalue weighted by Gasteiger charge is 2.09. The van der Waals surface area contributed by atoms with Crippen molar-refractivity contribution < 1.29 is 4.79 Å². The van der Waals surface area contributed by atoms with Crippen molar-refractivity contribution in [1.82, 2.24) is 15.6 Å².